The van der Waals surface area contributed by atoms with Crippen molar-refractivity contribution >= 4 is 23.3 Å². The molecular formula is C14H14N4OS2. The zero-order valence-electron chi connectivity index (χ0n) is 11.9. The van der Waals surface area contributed by atoms with Gasteiger partial charge in [-0.3, -0.25) is 0 Å². The summed E-state index contributed by atoms with van der Waals surface area (Å²) in [4.78, 5) is 4.45. The Kier molecular flexibility index (Phi) is 4.03. The Bertz CT molecular complexity index is 751. The lowest BCUT2D eigenvalue weighted by atomic mass is 10.1. The second-order valence-corrected chi connectivity index (χ2v) is 6.81. The van der Waals surface area contributed by atoms with Crippen molar-refractivity contribution < 1.29 is 4.42 Å². The van der Waals surface area contributed by atoms with Crippen LogP contribution >= 0.6 is 23.3 Å². The second kappa shape index (κ2) is 5.95. The average Bonchev–Trinajstić information content (AvgIpc) is 3.09. The largest absolute Gasteiger partial charge is 0.411 e. The van der Waals surface area contributed by atoms with Gasteiger partial charge in [-0.2, -0.15) is 4.37 Å². The topological polar surface area (TPSA) is 64.7 Å². The highest BCUT2D eigenvalue weighted by molar-refractivity contribution is 8.00. The standard InChI is InChI=1S/C14H14N4OS2/c1-8(2)11-15-14(21-18-11)20-13-17-16-12(19-13)10-7-5-4-6-9(10)3/h4-8H,1-3H3. The molecule has 0 saturated carbocycles. The van der Waals surface area contributed by atoms with Crippen LogP contribution in [-0.4, -0.2) is 19.6 Å². The quantitative estimate of drug-likeness (QED) is 0.719. The van der Waals surface area contributed by atoms with E-state index in [1.807, 2.05) is 31.2 Å². The Morgan fingerprint density at radius 2 is 2.00 bits per heavy atom. The summed E-state index contributed by atoms with van der Waals surface area (Å²) in [5.74, 6) is 1.70. The smallest absolute Gasteiger partial charge is 0.284 e. The van der Waals surface area contributed by atoms with Crippen molar-refractivity contribution in [3.05, 3.63) is 35.7 Å². The molecule has 0 N–H and O–H groups in total. The van der Waals surface area contributed by atoms with Gasteiger partial charge in [0.05, 0.1) is 0 Å². The third kappa shape index (κ3) is 3.14. The van der Waals surface area contributed by atoms with Crippen molar-refractivity contribution in [2.75, 3.05) is 0 Å². The van der Waals surface area contributed by atoms with Crippen LogP contribution in [0.1, 0.15) is 31.2 Å². The van der Waals surface area contributed by atoms with E-state index < -0.39 is 0 Å². The molecule has 0 aliphatic rings. The van der Waals surface area contributed by atoms with E-state index in [4.69, 9.17) is 4.42 Å². The molecule has 0 aliphatic heterocycles. The van der Waals surface area contributed by atoms with Gasteiger partial charge in [0.2, 0.25) is 5.89 Å². The maximum absolute atomic E-state index is 5.70. The van der Waals surface area contributed by atoms with E-state index in [1.165, 1.54) is 23.3 Å². The molecule has 3 rings (SSSR count). The lowest BCUT2D eigenvalue weighted by molar-refractivity contribution is 0.465. The van der Waals surface area contributed by atoms with E-state index in [0.29, 0.717) is 17.0 Å². The normalized spacial score (nSPS) is 11.2. The predicted octanol–water partition coefficient (Wildman–Crippen LogP) is 4.17. The fraction of sp³-hybridized carbons (Fsp3) is 0.286. The molecule has 0 aliphatic carbocycles. The lowest BCUT2D eigenvalue weighted by Crippen LogP contribution is -1.88. The summed E-state index contributed by atoms with van der Waals surface area (Å²) >= 11 is 2.71. The Morgan fingerprint density at radius 3 is 2.71 bits per heavy atom. The molecule has 108 valence electrons. The molecule has 0 spiro atoms. The average molecular weight is 318 g/mol. The third-order valence-electron chi connectivity index (χ3n) is 2.90. The van der Waals surface area contributed by atoms with E-state index in [1.54, 1.807) is 0 Å². The van der Waals surface area contributed by atoms with Gasteiger partial charge in [-0.05, 0) is 30.1 Å². The second-order valence-electron chi connectivity index (χ2n) is 4.86. The summed E-state index contributed by atoms with van der Waals surface area (Å²) < 4.78 is 10.8. The molecule has 21 heavy (non-hydrogen) atoms. The molecule has 0 saturated heterocycles. The number of hydrogen-bond donors (Lipinski definition) is 0. The SMILES string of the molecule is Cc1ccccc1-c1nnc(Sc2nc(C(C)C)ns2)o1. The van der Waals surface area contributed by atoms with Crippen LogP contribution in [-0.2, 0) is 0 Å². The van der Waals surface area contributed by atoms with Crippen LogP contribution in [0.25, 0.3) is 11.5 Å². The zero-order valence-corrected chi connectivity index (χ0v) is 13.5. The highest BCUT2D eigenvalue weighted by atomic mass is 32.2. The van der Waals surface area contributed by atoms with Crippen molar-refractivity contribution in [2.45, 2.75) is 36.3 Å². The van der Waals surface area contributed by atoms with Gasteiger partial charge < -0.3 is 4.42 Å². The summed E-state index contributed by atoms with van der Waals surface area (Å²) in [6, 6.07) is 7.93. The monoisotopic (exact) mass is 318 g/mol. The zero-order chi connectivity index (χ0) is 14.8. The van der Waals surface area contributed by atoms with E-state index in [-0.39, 0.29) is 0 Å². The molecule has 5 nitrogen and oxygen atoms in total. The van der Waals surface area contributed by atoms with Crippen LogP contribution in [0.4, 0.5) is 0 Å². The molecule has 7 heteroatoms. The van der Waals surface area contributed by atoms with Gasteiger partial charge in [0.15, 0.2) is 4.34 Å². The number of aryl methyl sites for hydroxylation is 1. The number of benzene rings is 1. The first kappa shape index (κ1) is 14.2. The maximum atomic E-state index is 5.70. The minimum absolute atomic E-state index is 0.320. The molecule has 0 atom stereocenters. The molecule has 3 aromatic rings. The number of rotatable bonds is 4. The molecule has 0 amide bonds. The molecule has 0 radical (unpaired) electrons. The summed E-state index contributed by atoms with van der Waals surface area (Å²) in [5, 5.41) is 8.66. The molecule has 0 bridgehead atoms. The van der Waals surface area contributed by atoms with Crippen LogP contribution < -0.4 is 0 Å². The first-order valence-corrected chi connectivity index (χ1v) is 8.13. The summed E-state index contributed by atoms with van der Waals surface area (Å²) in [5.41, 5.74) is 2.06. The van der Waals surface area contributed by atoms with Gasteiger partial charge in [0.25, 0.3) is 5.22 Å². The van der Waals surface area contributed by atoms with Crippen molar-refractivity contribution in [3.63, 3.8) is 0 Å². The van der Waals surface area contributed by atoms with Crippen LogP contribution in [0.5, 0.6) is 0 Å². The number of nitrogens with zero attached hydrogens (tertiary/aromatic N) is 4. The molecule has 1 aromatic carbocycles. The highest BCUT2D eigenvalue weighted by Gasteiger charge is 2.14. The Labute approximate surface area is 131 Å². The first-order chi connectivity index (χ1) is 10.1. The van der Waals surface area contributed by atoms with Gasteiger partial charge in [0, 0.05) is 23.2 Å². The predicted molar refractivity (Wildman–Crippen MR) is 82.6 cm³/mol. The molecular weight excluding hydrogens is 304 g/mol. The minimum Gasteiger partial charge on any atom is -0.411 e. The lowest BCUT2D eigenvalue weighted by Gasteiger charge is -1.98. The Balaban J connectivity index is 1.80. The van der Waals surface area contributed by atoms with E-state index in [2.05, 4.69) is 33.4 Å². The van der Waals surface area contributed by atoms with Crippen LogP contribution in [0.3, 0.4) is 0 Å². The van der Waals surface area contributed by atoms with Crippen molar-refractivity contribution in [1.29, 1.82) is 0 Å². The van der Waals surface area contributed by atoms with Crippen LogP contribution in [0, 0.1) is 6.92 Å². The molecule has 2 heterocycles. The van der Waals surface area contributed by atoms with Gasteiger partial charge >= 0.3 is 0 Å². The van der Waals surface area contributed by atoms with E-state index in [0.717, 1.165) is 21.3 Å². The van der Waals surface area contributed by atoms with Crippen LogP contribution in [0.15, 0.2) is 38.2 Å². The first-order valence-electron chi connectivity index (χ1n) is 6.54. The number of hydrogen-bond acceptors (Lipinski definition) is 7. The van der Waals surface area contributed by atoms with Crippen molar-refractivity contribution in [3.8, 4) is 11.5 Å². The molecule has 2 aromatic heterocycles. The molecule has 0 fully saturated rings. The fourth-order valence-corrected chi connectivity index (χ4v) is 3.27. The Hall–Kier alpha value is -1.73. The van der Waals surface area contributed by atoms with Gasteiger partial charge in [-0.1, -0.05) is 32.0 Å². The van der Waals surface area contributed by atoms with Crippen molar-refractivity contribution in [1.82, 2.24) is 19.6 Å². The van der Waals surface area contributed by atoms with E-state index >= 15 is 0 Å². The van der Waals surface area contributed by atoms with E-state index in [9.17, 15) is 0 Å². The third-order valence-corrected chi connectivity index (χ3v) is 4.50. The van der Waals surface area contributed by atoms with Gasteiger partial charge in [0.1, 0.15) is 5.82 Å². The molecule has 0 unspecified atom stereocenters. The number of aromatic nitrogens is 4. The van der Waals surface area contributed by atoms with Crippen molar-refractivity contribution in [2.24, 2.45) is 0 Å². The van der Waals surface area contributed by atoms with Crippen LogP contribution in [0.2, 0.25) is 0 Å². The summed E-state index contributed by atoms with van der Waals surface area (Å²) in [6.07, 6.45) is 0. The summed E-state index contributed by atoms with van der Waals surface area (Å²) in [6.45, 7) is 6.16. The fourth-order valence-electron chi connectivity index (χ4n) is 1.74. The Morgan fingerprint density at radius 1 is 1.19 bits per heavy atom. The minimum atomic E-state index is 0.320. The van der Waals surface area contributed by atoms with Gasteiger partial charge in [-0.15, -0.1) is 10.2 Å². The maximum Gasteiger partial charge on any atom is 0.284 e. The van der Waals surface area contributed by atoms with Gasteiger partial charge in [-0.25, -0.2) is 4.98 Å². The highest BCUT2D eigenvalue weighted by Crippen LogP contribution is 2.31. The summed E-state index contributed by atoms with van der Waals surface area (Å²) in [7, 11) is 0.